The van der Waals surface area contributed by atoms with Crippen LogP contribution in [0, 0.1) is 0 Å². The second kappa shape index (κ2) is 10.6. The minimum Gasteiger partial charge on any atom is -0.464 e. The maximum absolute atomic E-state index is 12.1. The summed E-state index contributed by atoms with van der Waals surface area (Å²) in [7, 11) is 0. The molecule has 1 N–H and O–H groups in total. The summed E-state index contributed by atoms with van der Waals surface area (Å²) in [5.74, 6) is -0.554. The van der Waals surface area contributed by atoms with Crippen LogP contribution in [-0.4, -0.2) is 50.6 Å². The molecule has 2 unspecified atom stereocenters. The van der Waals surface area contributed by atoms with Crippen LogP contribution in [0.1, 0.15) is 18.9 Å². The first kappa shape index (κ1) is 19.9. The van der Waals surface area contributed by atoms with Gasteiger partial charge in [-0.1, -0.05) is 42.5 Å². The molecule has 7 heteroatoms. The number of alkyl carbamates (subject to hydrolysis) is 1. The summed E-state index contributed by atoms with van der Waals surface area (Å²) in [6.45, 7) is 6.69. The lowest BCUT2D eigenvalue weighted by Crippen LogP contribution is -2.45. The number of cyclic esters (lactones) is 1. The highest BCUT2D eigenvalue weighted by molar-refractivity contribution is 5.81. The molecule has 1 aliphatic rings. The van der Waals surface area contributed by atoms with Gasteiger partial charge in [-0.2, -0.15) is 0 Å². The molecule has 0 radical (unpaired) electrons. The van der Waals surface area contributed by atoms with Crippen LogP contribution >= 0.6 is 0 Å². The van der Waals surface area contributed by atoms with Crippen LogP contribution in [0.3, 0.4) is 0 Å². The minimum atomic E-state index is -0.918. The molecule has 1 saturated heterocycles. The minimum absolute atomic E-state index is 0.00774. The largest absolute Gasteiger partial charge is 0.464 e. The van der Waals surface area contributed by atoms with Crippen molar-refractivity contribution in [1.82, 2.24) is 5.32 Å². The van der Waals surface area contributed by atoms with Crippen molar-refractivity contribution in [3.63, 3.8) is 0 Å². The third-order valence-corrected chi connectivity index (χ3v) is 3.63. The number of carbonyl (C=O) groups is 2. The molecule has 7 nitrogen and oxygen atoms in total. The number of hydrogen-bond acceptors (Lipinski definition) is 6. The number of nitrogens with one attached hydrogen (secondary N) is 1. The molecule has 0 spiro atoms. The van der Waals surface area contributed by atoms with E-state index in [2.05, 4.69) is 11.9 Å². The second-order valence-corrected chi connectivity index (χ2v) is 6.14. The first-order valence-electron chi connectivity index (χ1n) is 8.52. The third-order valence-electron chi connectivity index (χ3n) is 3.63. The van der Waals surface area contributed by atoms with Crippen LogP contribution in [0.5, 0.6) is 0 Å². The maximum Gasteiger partial charge on any atom is 0.408 e. The fraction of sp³-hybridized carbons (Fsp3) is 0.474. The number of hydrogen-bond donors (Lipinski definition) is 1. The monoisotopic (exact) mass is 363 g/mol. The predicted molar refractivity (Wildman–Crippen MR) is 94.5 cm³/mol. The van der Waals surface area contributed by atoms with Crippen molar-refractivity contribution < 1.29 is 28.5 Å². The number of amides is 1. The van der Waals surface area contributed by atoms with Gasteiger partial charge in [0.2, 0.25) is 0 Å². The molecule has 1 aromatic carbocycles. The van der Waals surface area contributed by atoms with Crippen LogP contribution < -0.4 is 5.32 Å². The fourth-order valence-electron chi connectivity index (χ4n) is 2.26. The van der Waals surface area contributed by atoms with Gasteiger partial charge in [-0.3, -0.25) is 0 Å². The highest BCUT2D eigenvalue weighted by atomic mass is 16.6. The van der Waals surface area contributed by atoms with Gasteiger partial charge in [0.05, 0.1) is 32.5 Å². The Labute approximate surface area is 153 Å². The van der Waals surface area contributed by atoms with E-state index in [1.54, 1.807) is 0 Å². The highest BCUT2D eigenvalue weighted by Crippen LogP contribution is 2.07. The maximum atomic E-state index is 12.1. The summed E-state index contributed by atoms with van der Waals surface area (Å²) in [4.78, 5) is 24.0. The molecule has 1 fully saturated rings. The van der Waals surface area contributed by atoms with Gasteiger partial charge in [-0.05, 0) is 12.5 Å². The Morgan fingerprint density at radius 3 is 2.81 bits per heavy atom. The summed E-state index contributed by atoms with van der Waals surface area (Å²) >= 11 is 0. The molecule has 26 heavy (non-hydrogen) atoms. The highest BCUT2D eigenvalue weighted by Gasteiger charge is 2.26. The number of carbonyl (C=O) groups excluding carboxylic acids is 2. The van der Waals surface area contributed by atoms with Crippen LogP contribution in [0.2, 0.25) is 0 Å². The van der Waals surface area contributed by atoms with Crippen molar-refractivity contribution in [3.05, 3.63) is 48.0 Å². The Hall–Kier alpha value is -2.38. The normalized spacial score (nSPS) is 20.9. The van der Waals surface area contributed by atoms with Crippen molar-refractivity contribution in [2.75, 3.05) is 26.4 Å². The van der Waals surface area contributed by atoms with E-state index in [4.69, 9.17) is 18.9 Å². The molecule has 1 aliphatic heterocycles. The Morgan fingerprint density at radius 1 is 1.31 bits per heavy atom. The number of ether oxygens (including phenoxy) is 4. The van der Waals surface area contributed by atoms with E-state index in [1.807, 2.05) is 37.3 Å². The van der Waals surface area contributed by atoms with E-state index in [1.165, 1.54) is 0 Å². The standard InChI is InChI=1S/C19H25NO6/c1-14(2)10-25-16-8-9-24-18(21)17(13-23-12-16)20-19(22)26-11-15-6-4-3-5-7-15/h3-7,16-17H,1,8-13H2,2H3,(H,20,22). The molecule has 0 saturated carbocycles. The molecule has 0 aromatic heterocycles. The van der Waals surface area contributed by atoms with Crippen LogP contribution in [0.15, 0.2) is 42.5 Å². The lowest BCUT2D eigenvalue weighted by atomic mass is 10.2. The molecule has 1 aromatic rings. The molecular weight excluding hydrogens is 338 g/mol. The van der Waals surface area contributed by atoms with Gasteiger partial charge in [-0.15, -0.1) is 0 Å². The molecular formula is C19H25NO6. The van der Waals surface area contributed by atoms with Crippen molar-refractivity contribution >= 4 is 12.1 Å². The van der Waals surface area contributed by atoms with E-state index in [-0.39, 0.29) is 25.9 Å². The van der Waals surface area contributed by atoms with Crippen molar-refractivity contribution in [2.45, 2.75) is 32.1 Å². The van der Waals surface area contributed by atoms with Gasteiger partial charge >= 0.3 is 12.1 Å². The zero-order valence-corrected chi connectivity index (χ0v) is 14.9. The van der Waals surface area contributed by atoms with Crippen LogP contribution in [-0.2, 0) is 30.3 Å². The topological polar surface area (TPSA) is 83.1 Å². The number of rotatable bonds is 6. The molecule has 2 rings (SSSR count). The van der Waals surface area contributed by atoms with E-state index in [0.717, 1.165) is 11.1 Å². The number of benzene rings is 1. The van der Waals surface area contributed by atoms with Gasteiger partial charge in [-0.25, -0.2) is 9.59 Å². The summed E-state index contributed by atoms with van der Waals surface area (Å²) in [6.07, 6.45) is -0.374. The first-order valence-corrected chi connectivity index (χ1v) is 8.52. The molecule has 1 heterocycles. The third kappa shape index (κ3) is 7.25. The van der Waals surface area contributed by atoms with E-state index >= 15 is 0 Å². The Kier molecular flexibility index (Phi) is 8.11. The summed E-state index contributed by atoms with van der Waals surface area (Å²) in [6, 6.07) is 8.35. The second-order valence-electron chi connectivity index (χ2n) is 6.14. The van der Waals surface area contributed by atoms with E-state index in [0.29, 0.717) is 19.6 Å². The predicted octanol–water partition coefficient (Wildman–Crippen LogP) is 2.21. The Balaban J connectivity index is 1.79. The summed E-state index contributed by atoms with van der Waals surface area (Å²) < 4.78 is 21.5. The quantitative estimate of drug-likeness (QED) is 0.616. The fourth-order valence-corrected chi connectivity index (χ4v) is 2.26. The molecule has 1 amide bonds. The average molecular weight is 363 g/mol. The smallest absolute Gasteiger partial charge is 0.408 e. The average Bonchev–Trinajstić information content (AvgIpc) is 2.71. The lowest BCUT2D eigenvalue weighted by Gasteiger charge is -2.17. The van der Waals surface area contributed by atoms with Crippen molar-refractivity contribution in [3.8, 4) is 0 Å². The van der Waals surface area contributed by atoms with Crippen LogP contribution in [0.4, 0.5) is 4.79 Å². The van der Waals surface area contributed by atoms with Crippen molar-refractivity contribution in [1.29, 1.82) is 0 Å². The van der Waals surface area contributed by atoms with Crippen LogP contribution in [0.25, 0.3) is 0 Å². The molecule has 0 aliphatic carbocycles. The van der Waals surface area contributed by atoms with Gasteiger partial charge in [0.1, 0.15) is 6.61 Å². The Morgan fingerprint density at radius 2 is 2.08 bits per heavy atom. The van der Waals surface area contributed by atoms with Gasteiger partial charge < -0.3 is 24.3 Å². The molecule has 142 valence electrons. The molecule has 2 atom stereocenters. The SMILES string of the molecule is C=C(C)COC1CCOC(=O)C(NC(=O)OCc2ccccc2)COC1. The summed E-state index contributed by atoms with van der Waals surface area (Å²) in [5, 5.41) is 2.48. The zero-order chi connectivity index (χ0) is 18.8. The van der Waals surface area contributed by atoms with E-state index < -0.39 is 18.1 Å². The van der Waals surface area contributed by atoms with Gasteiger partial charge in [0.15, 0.2) is 6.04 Å². The van der Waals surface area contributed by atoms with Gasteiger partial charge in [0, 0.05) is 6.42 Å². The Bertz CT molecular complexity index is 603. The lowest BCUT2D eigenvalue weighted by molar-refractivity contribution is -0.147. The zero-order valence-electron chi connectivity index (χ0n) is 14.9. The summed E-state index contributed by atoms with van der Waals surface area (Å²) in [5.41, 5.74) is 1.76. The number of esters is 1. The molecule has 0 bridgehead atoms. The van der Waals surface area contributed by atoms with Crippen molar-refractivity contribution in [2.24, 2.45) is 0 Å². The first-order chi connectivity index (χ1) is 12.5. The van der Waals surface area contributed by atoms with Gasteiger partial charge in [0.25, 0.3) is 0 Å². The van der Waals surface area contributed by atoms with E-state index in [9.17, 15) is 9.59 Å².